The predicted octanol–water partition coefficient (Wildman–Crippen LogP) is 12.7. The second-order valence-electron chi connectivity index (χ2n) is 20.1. The molecule has 8 atom stereocenters. The number of allylic oxidation sites excluding steroid dienone is 5. The maximum Gasteiger partial charge on any atom is 0.306 e. The highest BCUT2D eigenvalue weighted by Crippen LogP contribution is 2.26. The van der Waals surface area contributed by atoms with Gasteiger partial charge in [-0.25, -0.2) is 0 Å². The van der Waals surface area contributed by atoms with Crippen LogP contribution in [0.25, 0.3) is 0 Å². The second-order valence-corrected chi connectivity index (χ2v) is 20.1. The Morgan fingerprint density at radius 3 is 1.48 bits per heavy atom. The van der Waals surface area contributed by atoms with Gasteiger partial charge < -0.3 is 45.1 Å². The van der Waals surface area contributed by atoms with Crippen molar-refractivity contribution in [1.82, 2.24) is 5.32 Å². The number of aliphatic hydroxyl groups excluding tert-OH is 5. The van der Waals surface area contributed by atoms with E-state index in [1.165, 1.54) is 135 Å². The fraction of sp³-hybridized carbons (Fsp3) is 0.862. The van der Waals surface area contributed by atoms with Crippen LogP contribution in [0.2, 0.25) is 0 Å². The first-order valence-corrected chi connectivity index (χ1v) is 28.8. The third-order valence-electron chi connectivity index (χ3n) is 13.6. The van der Waals surface area contributed by atoms with Crippen molar-refractivity contribution in [3.63, 3.8) is 0 Å². The van der Waals surface area contributed by atoms with Gasteiger partial charge in [-0.2, -0.15) is 0 Å². The Kier molecular flexibility index (Phi) is 44.1. The molecule has 11 nitrogen and oxygen atoms in total. The van der Waals surface area contributed by atoms with Crippen molar-refractivity contribution in [2.24, 2.45) is 0 Å². The summed E-state index contributed by atoms with van der Waals surface area (Å²) >= 11 is 0. The molecule has 0 saturated carbocycles. The van der Waals surface area contributed by atoms with Gasteiger partial charge in [0.05, 0.1) is 25.4 Å². The minimum Gasteiger partial charge on any atom is -0.454 e. The van der Waals surface area contributed by atoms with Crippen molar-refractivity contribution in [2.45, 2.75) is 307 Å². The number of hydrogen-bond donors (Lipinski definition) is 6. The van der Waals surface area contributed by atoms with Crippen molar-refractivity contribution in [2.75, 3.05) is 13.2 Å². The fourth-order valence-corrected chi connectivity index (χ4v) is 8.94. The van der Waals surface area contributed by atoms with Gasteiger partial charge in [-0.3, -0.25) is 9.59 Å². The van der Waals surface area contributed by atoms with E-state index in [-0.39, 0.29) is 19.4 Å². The largest absolute Gasteiger partial charge is 0.454 e. The van der Waals surface area contributed by atoms with Gasteiger partial charge in [0, 0.05) is 6.42 Å². The number of hydrogen-bond acceptors (Lipinski definition) is 10. The van der Waals surface area contributed by atoms with Crippen molar-refractivity contribution >= 4 is 11.9 Å². The van der Waals surface area contributed by atoms with E-state index >= 15 is 0 Å². The van der Waals surface area contributed by atoms with Gasteiger partial charge in [0.15, 0.2) is 12.4 Å². The molecule has 1 heterocycles. The Balaban J connectivity index is 2.73. The molecule has 1 fully saturated rings. The smallest absolute Gasteiger partial charge is 0.306 e. The first kappa shape index (κ1) is 64.9. The fourth-order valence-electron chi connectivity index (χ4n) is 8.94. The normalized spacial score (nSPS) is 20.0. The number of aliphatic hydroxyl groups is 5. The minimum atomic E-state index is -1.61. The molecule has 0 aromatic rings. The highest BCUT2D eigenvalue weighted by molar-refractivity contribution is 5.80. The molecule has 0 aromatic carbocycles. The van der Waals surface area contributed by atoms with E-state index in [1.807, 2.05) is 6.08 Å². The van der Waals surface area contributed by atoms with Crippen molar-refractivity contribution in [3.05, 3.63) is 36.5 Å². The molecular formula is C58H107NO10. The van der Waals surface area contributed by atoms with Crippen molar-refractivity contribution < 1.29 is 49.3 Å². The summed E-state index contributed by atoms with van der Waals surface area (Å²) in [6.07, 6.45) is 43.3. The SMILES string of the molecule is CCCCC/C=C/C=C/CCCCCCCC(O)C(=O)NC(COC1OC(CO)C(O)C(O)C1OC(=O)CCCCCCCCCCCCCCCCC)C(O)/C=C/CCCCCCCCCCC. The average molecular weight is 978 g/mol. The molecule has 0 spiro atoms. The van der Waals surface area contributed by atoms with Crippen LogP contribution in [-0.2, 0) is 23.8 Å². The average Bonchev–Trinajstić information content (AvgIpc) is 3.34. The highest BCUT2D eigenvalue weighted by atomic mass is 16.7. The topological polar surface area (TPSA) is 175 Å². The lowest BCUT2D eigenvalue weighted by molar-refractivity contribution is -0.305. The third kappa shape index (κ3) is 35.6. The molecule has 0 aromatic heterocycles. The molecule has 0 bridgehead atoms. The van der Waals surface area contributed by atoms with Crippen LogP contribution in [0.1, 0.15) is 258 Å². The zero-order valence-electron chi connectivity index (χ0n) is 44.4. The van der Waals surface area contributed by atoms with Crippen LogP contribution >= 0.6 is 0 Å². The number of amides is 1. The Labute approximate surface area is 422 Å². The minimum absolute atomic E-state index is 0.126. The maximum absolute atomic E-state index is 13.3. The van der Waals surface area contributed by atoms with Gasteiger partial charge in [0.1, 0.15) is 24.4 Å². The standard InChI is InChI=1S/C58H107NO10/c1-4-7-10-13-16-19-22-24-26-28-31-34-37-40-43-46-53(63)69-56-55(65)54(64)52(47-60)68-58(56)67-48-49(50(61)44-41-38-35-32-29-21-18-15-12-9-6-3)59-57(66)51(62)45-42-39-36-33-30-27-25-23-20-17-14-11-8-5-2/h17,20,23,25,41,44,49-52,54-56,58,60-62,64-65H,4-16,18-19,21-22,24,26-40,42-43,45-48H2,1-3H3,(H,59,66)/b20-17+,25-23+,44-41+. The van der Waals surface area contributed by atoms with E-state index in [0.29, 0.717) is 12.8 Å². The van der Waals surface area contributed by atoms with Gasteiger partial charge in [0.2, 0.25) is 5.91 Å². The van der Waals surface area contributed by atoms with E-state index < -0.39 is 67.4 Å². The molecule has 6 N–H and O–H groups in total. The summed E-state index contributed by atoms with van der Waals surface area (Å²) in [5.74, 6) is -1.20. The molecule has 1 rings (SSSR count). The van der Waals surface area contributed by atoms with Crippen LogP contribution in [0.15, 0.2) is 36.5 Å². The molecule has 0 aliphatic carbocycles. The Hall–Kier alpha value is -2.12. The summed E-state index contributed by atoms with van der Waals surface area (Å²) in [6, 6.07) is -1.03. The summed E-state index contributed by atoms with van der Waals surface area (Å²) in [4.78, 5) is 26.4. The lowest BCUT2D eigenvalue weighted by Crippen LogP contribution is -2.61. The lowest BCUT2D eigenvalue weighted by Gasteiger charge is -2.41. The van der Waals surface area contributed by atoms with Crippen LogP contribution in [0.4, 0.5) is 0 Å². The Morgan fingerprint density at radius 1 is 0.565 bits per heavy atom. The molecule has 11 heteroatoms. The van der Waals surface area contributed by atoms with Crippen LogP contribution in [0.5, 0.6) is 0 Å². The molecular weight excluding hydrogens is 871 g/mol. The van der Waals surface area contributed by atoms with E-state index in [9.17, 15) is 35.1 Å². The third-order valence-corrected chi connectivity index (χ3v) is 13.6. The van der Waals surface area contributed by atoms with Gasteiger partial charge in [-0.1, -0.05) is 237 Å². The van der Waals surface area contributed by atoms with Crippen LogP contribution in [0, 0.1) is 0 Å². The number of unbranched alkanes of at least 4 members (excludes halogenated alkanes) is 31. The van der Waals surface area contributed by atoms with Crippen molar-refractivity contribution in [3.8, 4) is 0 Å². The molecule has 1 saturated heterocycles. The molecule has 1 aliphatic rings. The number of carbonyl (C=O) groups excluding carboxylic acids is 2. The van der Waals surface area contributed by atoms with E-state index in [0.717, 1.165) is 77.0 Å². The molecule has 69 heavy (non-hydrogen) atoms. The molecule has 404 valence electrons. The quantitative estimate of drug-likeness (QED) is 0.0149. The number of ether oxygens (including phenoxy) is 3. The molecule has 8 unspecified atom stereocenters. The number of esters is 1. The zero-order valence-corrected chi connectivity index (χ0v) is 44.4. The highest BCUT2D eigenvalue weighted by Gasteiger charge is 2.47. The van der Waals surface area contributed by atoms with E-state index in [1.54, 1.807) is 6.08 Å². The van der Waals surface area contributed by atoms with Crippen LogP contribution < -0.4 is 5.32 Å². The zero-order chi connectivity index (χ0) is 50.4. The lowest BCUT2D eigenvalue weighted by atomic mass is 9.99. The van der Waals surface area contributed by atoms with Gasteiger partial charge >= 0.3 is 5.97 Å². The summed E-state index contributed by atoms with van der Waals surface area (Å²) in [6.45, 7) is 5.74. The summed E-state index contributed by atoms with van der Waals surface area (Å²) < 4.78 is 17.6. The maximum atomic E-state index is 13.3. The summed E-state index contributed by atoms with van der Waals surface area (Å²) in [7, 11) is 0. The summed E-state index contributed by atoms with van der Waals surface area (Å²) in [5, 5.41) is 56.7. The van der Waals surface area contributed by atoms with Gasteiger partial charge in [-0.05, 0) is 51.4 Å². The molecule has 1 amide bonds. The number of nitrogens with one attached hydrogen (secondary N) is 1. The Morgan fingerprint density at radius 2 is 0.986 bits per heavy atom. The van der Waals surface area contributed by atoms with E-state index in [4.69, 9.17) is 14.2 Å². The van der Waals surface area contributed by atoms with Gasteiger partial charge in [0.25, 0.3) is 0 Å². The van der Waals surface area contributed by atoms with Gasteiger partial charge in [-0.15, -0.1) is 0 Å². The Bertz CT molecular complexity index is 1260. The van der Waals surface area contributed by atoms with Crippen molar-refractivity contribution in [1.29, 1.82) is 0 Å². The van der Waals surface area contributed by atoms with E-state index in [2.05, 4.69) is 50.4 Å². The van der Waals surface area contributed by atoms with Crippen LogP contribution in [-0.4, -0.2) is 99.6 Å². The second kappa shape index (κ2) is 46.9. The molecule has 1 aliphatic heterocycles. The molecule has 0 radical (unpaired) electrons. The first-order chi connectivity index (χ1) is 33.7. The number of carbonyl (C=O) groups is 2. The monoisotopic (exact) mass is 978 g/mol. The first-order valence-electron chi connectivity index (χ1n) is 28.8. The predicted molar refractivity (Wildman–Crippen MR) is 283 cm³/mol. The summed E-state index contributed by atoms with van der Waals surface area (Å²) in [5.41, 5.74) is 0. The van der Waals surface area contributed by atoms with Crippen LogP contribution in [0.3, 0.4) is 0 Å². The number of rotatable bonds is 48.